The summed E-state index contributed by atoms with van der Waals surface area (Å²) in [4.78, 5) is 14.2. The van der Waals surface area contributed by atoms with Gasteiger partial charge in [0.1, 0.15) is 5.51 Å². The third kappa shape index (κ3) is 3.37. The van der Waals surface area contributed by atoms with Crippen molar-refractivity contribution in [2.75, 3.05) is 5.32 Å². The van der Waals surface area contributed by atoms with Crippen LogP contribution in [0.25, 0.3) is 0 Å². The van der Waals surface area contributed by atoms with E-state index in [1.807, 2.05) is 35.7 Å². The van der Waals surface area contributed by atoms with Crippen LogP contribution in [0, 0.1) is 0 Å². The van der Waals surface area contributed by atoms with Crippen molar-refractivity contribution in [1.82, 2.24) is 10.2 Å². The lowest BCUT2D eigenvalue weighted by Gasteiger charge is -2.09. The molecule has 22 heavy (non-hydrogen) atoms. The van der Waals surface area contributed by atoms with Crippen molar-refractivity contribution in [3.05, 3.63) is 51.7 Å². The van der Waals surface area contributed by atoms with Gasteiger partial charge in [0.2, 0.25) is 0 Å². The number of aromatic nitrogens is 2. The molecule has 0 bridgehead atoms. The number of rotatable bonds is 5. The Morgan fingerprint density at radius 1 is 1.27 bits per heavy atom. The van der Waals surface area contributed by atoms with Crippen LogP contribution in [0.4, 0.5) is 5.69 Å². The summed E-state index contributed by atoms with van der Waals surface area (Å²) in [5.41, 5.74) is 3.57. The summed E-state index contributed by atoms with van der Waals surface area (Å²) in [5.74, 6) is -0.0582. The number of carbonyl (C=O) groups excluding carboxylic acids is 1. The number of amides is 1. The molecule has 0 aliphatic carbocycles. The van der Waals surface area contributed by atoms with Crippen LogP contribution in [-0.4, -0.2) is 16.1 Å². The summed E-state index contributed by atoms with van der Waals surface area (Å²) in [5, 5.41) is 12.8. The molecule has 4 nitrogen and oxygen atoms in total. The molecule has 7 heteroatoms. The lowest BCUT2D eigenvalue weighted by molar-refractivity contribution is 0.102. The molecule has 0 fully saturated rings. The molecule has 0 unspecified atom stereocenters. The number of nitrogens with one attached hydrogen (secondary N) is 1. The highest BCUT2D eigenvalue weighted by atomic mass is 32.2. The van der Waals surface area contributed by atoms with Crippen LogP contribution in [0.3, 0.4) is 0 Å². The van der Waals surface area contributed by atoms with Crippen molar-refractivity contribution in [3.63, 3.8) is 0 Å². The van der Waals surface area contributed by atoms with E-state index in [4.69, 9.17) is 0 Å². The van der Waals surface area contributed by atoms with E-state index in [0.29, 0.717) is 0 Å². The van der Waals surface area contributed by atoms with Crippen molar-refractivity contribution in [2.24, 2.45) is 0 Å². The number of para-hydroxylation sites is 1. The van der Waals surface area contributed by atoms with Crippen molar-refractivity contribution in [3.8, 4) is 0 Å². The van der Waals surface area contributed by atoms with Crippen molar-refractivity contribution in [2.45, 2.75) is 22.6 Å². The van der Waals surface area contributed by atoms with E-state index in [0.717, 1.165) is 31.8 Å². The van der Waals surface area contributed by atoms with E-state index in [-0.39, 0.29) is 5.91 Å². The van der Waals surface area contributed by atoms with Gasteiger partial charge in [-0.1, -0.05) is 42.2 Å². The maximum Gasteiger partial charge on any atom is 0.266 e. The number of nitrogens with zero attached hydrogens (tertiary/aromatic N) is 2. The number of carbonyl (C=O) groups is 1. The minimum Gasteiger partial charge on any atom is -0.320 e. The number of hydrogen-bond donors (Lipinski definition) is 1. The van der Waals surface area contributed by atoms with Crippen LogP contribution < -0.4 is 5.32 Å². The summed E-state index contributed by atoms with van der Waals surface area (Å²) in [6.07, 6.45) is 0.855. The number of anilines is 1. The van der Waals surface area contributed by atoms with Gasteiger partial charge in [-0.05, 0) is 35.6 Å². The topological polar surface area (TPSA) is 54.9 Å². The first-order valence-electron chi connectivity index (χ1n) is 6.68. The van der Waals surface area contributed by atoms with Gasteiger partial charge in [-0.15, -0.1) is 21.5 Å². The smallest absolute Gasteiger partial charge is 0.266 e. The third-order valence-electron chi connectivity index (χ3n) is 3.01. The molecular weight excluding hydrogens is 334 g/mol. The van der Waals surface area contributed by atoms with Crippen LogP contribution in [-0.2, 0) is 6.42 Å². The monoisotopic (exact) mass is 347 g/mol. The molecule has 1 N–H and O–H groups in total. The molecule has 2 heterocycles. The lowest BCUT2D eigenvalue weighted by atomic mass is 10.2. The average molecular weight is 347 g/mol. The molecule has 1 amide bonds. The van der Waals surface area contributed by atoms with E-state index in [9.17, 15) is 4.79 Å². The first kappa shape index (κ1) is 15.2. The lowest BCUT2D eigenvalue weighted by Crippen LogP contribution is -2.12. The van der Waals surface area contributed by atoms with E-state index < -0.39 is 0 Å². The van der Waals surface area contributed by atoms with Crippen molar-refractivity contribution in [1.29, 1.82) is 0 Å². The summed E-state index contributed by atoms with van der Waals surface area (Å²) in [6, 6.07) is 9.73. The molecular formula is C15H13N3OS3. The molecule has 0 spiro atoms. The van der Waals surface area contributed by atoms with Crippen LogP contribution in [0.15, 0.2) is 50.5 Å². The normalized spacial score (nSPS) is 10.6. The Bertz CT molecular complexity index is 768. The molecule has 3 rings (SSSR count). The SMILES string of the molecule is CCc1ccsc1C(=O)Nc1ccccc1Sc1nncs1. The van der Waals surface area contributed by atoms with Crippen LogP contribution >= 0.6 is 34.4 Å². The zero-order valence-electron chi connectivity index (χ0n) is 11.8. The maximum atomic E-state index is 12.5. The quantitative estimate of drug-likeness (QED) is 0.735. The van der Waals surface area contributed by atoms with Crippen molar-refractivity contribution >= 4 is 46.0 Å². The van der Waals surface area contributed by atoms with Gasteiger partial charge in [-0.2, -0.15) is 0 Å². The van der Waals surface area contributed by atoms with Crippen molar-refractivity contribution < 1.29 is 4.79 Å². The molecule has 1 aromatic carbocycles. The first-order valence-corrected chi connectivity index (χ1v) is 9.26. The average Bonchev–Trinajstić information content (AvgIpc) is 3.20. The Morgan fingerprint density at radius 3 is 2.91 bits per heavy atom. The maximum absolute atomic E-state index is 12.5. The first-order chi connectivity index (χ1) is 10.8. The zero-order valence-corrected chi connectivity index (χ0v) is 14.2. The Hall–Kier alpha value is -1.70. The fraction of sp³-hybridized carbons (Fsp3) is 0.133. The predicted octanol–water partition coefficient (Wildman–Crippen LogP) is 4.57. The third-order valence-corrected chi connectivity index (χ3v) is 5.82. The molecule has 0 saturated carbocycles. The van der Waals surface area contributed by atoms with Crippen LogP contribution in [0.5, 0.6) is 0 Å². The zero-order chi connectivity index (χ0) is 15.4. The van der Waals surface area contributed by atoms with E-state index in [1.54, 1.807) is 5.51 Å². The molecule has 3 aromatic rings. The summed E-state index contributed by atoms with van der Waals surface area (Å²) in [6.45, 7) is 2.05. The molecule has 2 aromatic heterocycles. The molecule has 0 atom stereocenters. The summed E-state index contributed by atoms with van der Waals surface area (Å²) >= 11 is 4.46. The molecule has 0 aliphatic heterocycles. The van der Waals surface area contributed by atoms with Crippen LogP contribution in [0.1, 0.15) is 22.2 Å². The second-order valence-corrected chi connectivity index (χ2v) is 7.42. The Morgan fingerprint density at radius 2 is 2.14 bits per heavy atom. The van der Waals surface area contributed by atoms with E-state index >= 15 is 0 Å². The van der Waals surface area contributed by atoms with Gasteiger partial charge in [0.05, 0.1) is 10.6 Å². The second kappa shape index (κ2) is 7.04. The molecule has 112 valence electrons. The number of thiophene rings is 1. The fourth-order valence-corrected chi connectivity index (χ4v) is 4.36. The summed E-state index contributed by atoms with van der Waals surface area (Å²) in [7, 11) is 0. The molecule has 0 saturated heterocycles. The van der Waals surface area contributed by atoms with E-state index in [1.165, 1.54) is 34.4 Å². The van der Waals surface area contributed by atoms with E-state index in [2.05, 4.69) is 22.4 Å². The largest absolute Gasteiger partial charge is 0.320 e. The Labute approximate surface area is 140 Å². The minimum absolute atomic E-state index is 0.0582. The predicted molar refractivity (Wildman–Crippen MR) is 92.1 cm³/mol. The Kier molecular flexibility index (Phi) is 4.87. The van der Waals surface area contributed by atoms with Gasteiger partial charge in [-0.25, -0.2) is 0 Å². The molecule has 0 radical (unpaired) electrons. The standard InChI is InChI=1S/C15H13N3OS3/c1-2-10-7-8-20-13(10)14(19)17-11-5-3-4-6-12(11)22-15-18-16-9-21-15/h3-9H,2H2,1H3,(H,17,19). The highest BCUT2D eigenvalue weighted by Gasteiger charge is 2.14. The fourth-order valence-electron chi connectivity index (χ4n) is 1.95. The van der Waals surface area contributed by atoms with Gasteiger partial charge < -0.3 is 5.32 Å². The minimum atomic E-state index is -0.0582. The number of aryl methyl sites for hydroxylation is 1. The highest BCUT2D eigenvalue weighted by molar-refractivity contribution is 8.01. The van der Waals surface area contributed by atoms with Gasteiger partial charge >= 0.3 is 0 Å². The van der Waals surface area contributed by atoms with Crippen LogP contribution in [0.2, 0.25) is 0 Å². The number of benzene rings is 1. The summed E-state index contributed by atoms with van der Waals surface area (Å²) < 4.78 is 0.854. The van der Waals surface area contributed by atoms with Gasteiger partial charge in [0.25, 0.3) is 5.91 Å². The molecule has 0 aliphatic rings. The highest BCUT2D eigenvalue weighted by Crippen LogP contribution is 2.34. The number of hydrogen-bond acceptors (Lipinski definition) is 6. The van der Waals surface area contributed by atoms with Gasteiger partial charge in [0.15, 0.2) is 4.34 Å². The second-order valence-electron chi connectivity index (χ2n) is 4.39. The van der Waals surface area contributed by atoms with Gasteiger partial charge in [0, 0.05) is 4.90 Å². The Balaban J connectivity index is 1.82. The van der Waals surface area contributed by atoms with Gasteiger partial charge in [-0.3, -0.25) is 4.79 Å².